The number of nitrogens with zero attached hydrogens (tertiary/aromatic N) is 3. The van der Waals surface area contributed by atoms with Crippen LogP contribution in [-0.4, -0.2) is 61.2 Å². The van der Waals surface area contributed by atoms with Gasteiger partial charge in [0.2, 0.25) is 0 Å². The monoisotopic (exact) mass is 736 g/mol. The molecule has 2 aromatic carbocycles. The summed E-state index contributed by atoms with van der Waals surface area (Å²) in [6.45, 7) is 3.27. The molecule has 0 spiro atoms. The molecule has 7 rings (SSSR count). The van der Waals surface area contributed by atoms with Gasteiger partial charge >= 0.3 is 252 Å². The van der Waals surface area contributed by atoms with E-state index < -0.39 is 11.8 Å². The van der Waals surface area contributed by atoms with Crippen molar-refractivity contribution < 1.29 is 23.7 Å². The van der Waals surface area contributed by atoms with Crippen LogP contribution in [-0.2, 0) is 20.1 Å². The number of fused-ring (bicyclic) bond motifs is 15. The van der Waals surface area contributed by atoms with Crippen molar-refractivity contribution in [2.75, 3.05) is 13.1 Å². The maximum atomic E-state index is 13.3. The van der Waals surface area contributed by atoms with Crippen LogP contribution < -0.4 is 25.8 Å². The van der Waals surface area contributed by atoms with E-state index in [4.69, 9.17) is 0 Å². The number of hydrogen-bond donors (Lipinski definition) is 4. The van der Waals surface area contributed by atoms with Gasteiger partial charge in [0.25, 0.3) is 0 Å². The van der Waals surface area contributed by atoms with Crippen LogP contribution in [0.1, 0.15) is 72.8 Å². The summed E-state index contributed by atoms with van der Waals surface area (Å²) in [5.74, 6) is -1.43. The number of benzene rings is 2. The van der Waals surface area contributed by atoms with Gasteiger partial charge in [-0.25, -0.2) is 0 Å². The van der Waals surface area contributed by atoms with Gasteiger partial charge in [-0.3, -0.25) is 0 Å². The average Bonchev–Trinajstić information content (AvgIpc) is 3.49. The fourth-order valence-electron chi connectivity index (χ4n) is 5.65. The van der Waals surface area contributed by atoms with Crippen LogP contribution >= 0.6 is 0 Å². The molecule has 11 nitrogen and oxygen atoms in total. The van der Waals surface area contributed by atoms with Crippen molar-refractivity contribution in [3.63, 3.8) is 0 Å². The van der Waals surface area contributed by atoms with E-state index >= 15 is 0 Å². The molecule has 2 aliphatic rings. The number of carbonyl (C=O) groups is 4. The zero-order valence-electron chi connectivity index (χ0n) is 27.9. The van der Waals surface area contributed by atoms with Gasteiger partial charge < -0.3 is 0 Å². The SMILES string of the molecule is CCC1C=CCCNC(=O)c2cccc(n2)C(=O)NCc2ccc(cc2-c2[se]c3ccccc3[n+]2C)CNC(=O)c2cccc(n2)C(=O)NC1. The van der Waals surface area contributed by atoms with Gasteiger partial charge in [-0.2, -0.15) is 0 Å². The van der Waals surface area contributed by atoms with Crippen LogP contribution in [0.25, 0.3) is 19.9 Å². The van der Waals surface area contributed by atoms with Gasteiger partial charge in [0.1, 0.15) is 0 Å². The molecule has 6 bridgehead atoms. The zero-order valence-corrected chi connectivity index (χ0v) is 29.6. The molecule has 0 fully saturated rings. The van der Waals surface area contributed by atoms with Crippen molar-refractivity contribution >= 4 is 47.9 Å². The summed E-state index contributed by atoms with van der Waals surface area (Å²) in [6, 6.07) is 23.8. The minimum atomic E-state index is -0.391. The second-order valence-electron chi connectivity index (χ2n) is 12.0. The quantitative estimate of drug-likeness (QED) is 0.124. The number of hydrogen-bond acceptors (Lipinski definition) is 6. The van der Waals surface area contributed by atoms with Crippen molar-refractivity contribution in [2.45, 2.75) is 32.9 Å². The molecular weight excluding hydrogens is 697 g/mol. The van der Waals surface area contributed by atoms with E-state index in [1.54, 1.807) is 36.4 Å². The number of aromatic nitrogens is 3. The Labute approximate surface area is 296 Å². The van der Waals surface area contributed by atoms with Crippen molar-refractivity contribution in [3.05, 3.63) is 125 Å². The molecule has 50 heavy (non-hydrogen) atoms. The van der Waals surface area contributed by atoms with E-state index in [1.807, 2.05) is 56.5 Å². The Hall–Kier alpha value is -5.45. The smallest absolute Gasteiger partial charge is 0.0240 e. The van der Waals surface area contributed by atoms with E-state index in [9.17, 15) is 19.2 Å². The van der Waals surface area contributed by atoms with E-state index in [2.05, 4.69) is 47.9 Å². The van der Waals surface area contributed by atoms with Gasteiger partial charge in [-0.15, -0.1) is 0 Å². The normalized spacial score (nSPS) is 16.4. The van der Waals surface area contributed by atoms with Gasteiger partial charge in [0.15, 0.2) is 0 Å². The molecule has 254 valence electrons. The standard InChI is InChI=1S/C38H37N7O4Se/c1-3-24-10-6-7-19-39-34(46)28-11-8-14-31(43-28)37(49)42-23-26-18-17-25(20-27(26)38-45(2)32-15-4-5-16-33(32)50-38)22-41-36(48)30-13-9-12-29(44-30)35(47)40-21-24/h4-6,8-18,20,24H,3,7,19,21-23H2,1-2H3,(H3-,39,40,41,42,46,47,48,49)/p+1. The first kappa shape index (κ1) is 34.4. The maximum absolute atomic E-state index is 13.3. The summed E-state index contributed by atoms with van der Waals surface area (Å²) in [4.78, 5) is 61.1. The number of carbonyl (C=O) groups excluding carboxylic acids is 4. The number of para-hydroxylation sites is 1. The van der Waals surface area contributed by atoms with Crippen molar-refractivity contribution in [3.8, 4) is 10.1 Å². The predicted octanol–water partition coefficient (Wildman–Crippen LogP) is 3.48. The number of rotatable bonds is 2. The van der Waals surface area contributed by atoms with Gasteiger partial charge in [0.05, 0.1) is 0 Å². The van der Waals surface area contributed by atoms with Gasteiger partial charge in [-0.1, -0.05) is 19.1 Å². The first-order valence-corrected chi connectivity index (χ1v) is 18.2. The molecule has 1 atom stereocenters. The fraction of sp³-hybridized carbons (Fsp3) is 0.237. The number of aryl methyl sites for hydroxylation is 1. The molecule has 2 aliphatic heterocycles. The van der Waals surface area contributed by atoms with E-state index in [0.29, 0.717) is 19.5 Å². The van der Waals surface area contributed by atoms with Gasteiger partial charge in [-0.05, 0) is 18.8 Å². The Morgan fingerprint density at radius 3 is 2.02 bits per heavy atom. The summed E-state index contributed by atoms with van der Waals surface area (Å²) in [5, 5.41) is 11.7. The van der Waals surface area contributed by atoms with Gasteiger partial charge in [0, 0.05) is 6.54 Å². The number of nitrogens with one attached hydrogen (secondary N) is 4. The minimum Gasteiger partial charge on any atom is 0.0240 e. The van der Waals surface area contributed by atoms with Crippen LogP contribution in [0.3, 0.4) is 0 Å². The third-order valence-corrected chi connectivity index (χ3v) is 11.1. The Kier molecular flexibility index (Phi) is 10.9. The number of amides is 4. The zero-order chi connectivity index (χ0) is 35.0. The molecule has 4 N–H and O–H groups in total. The summed E-state index contributed by atoms with van der Waals surface area (Å²) >= 11 is 0.00751. The molecule has 0 aliphatic carbocycles. The molecule has 5 heterocycles. The minimum absolute atomic E-state index is 0.00751. The Balaban J connectivity index is 1.32. The van der Waals surface area contributed by atoms with Crippen LogP contribution in [0.5, 0.6) is 0 Å². The summed E-state index contributed by atoms with van der Waals surface area (Å²) in [6.07, 6.45) is 5.35. The molecule has 0 radical (unpaired) electrons. The molecule has 0 saturated carbocycles. The molecular formula is C38H38N7O4Se+. The van der Waals surface area contributed by atoms with E-state index in [0.717, 1.165) is 33.2 Å². The summed E-state index contributed by atoms with van der Waals surface area (Å²) < 4.78 is 4.56. The van der Waals surface area contributed by atoms with Crippen molar-refractivity contribution in [1.29, 1.82) is 0 Å². The molecule has 1 unspecified atom stereocenters. The molecule has 12 heteroatoms. The molecule has 3 aromatic heterocycles. The van der Waals surface area contributed by atoms with Crippen molar-refractivity contribution in [2.24, 2.45) is 13.0 Å². The third-order valence-electron chi connectivity index (χ3n) is 8.52. The molecule has 5 aromatic rings. The van der Waals surface area contributed by atoms with E-state index in [1.165, 1.54) is 4.26 Å². The fourth-order valence-corrected chi connectivity index (χ4v) is 8.17. The summed E-state index contributed by atoms with van der Waals surface area (Å²) in [5.41, 5.74) is 4.48. The average molecular weight is 736 g/mol. The van der Waals surface area contributed by atoms with Crippen LogP contribution in [0.15, 0.2) is 91.0 Å². The van der Waals surface area contributed by atoms with Crippen LogP contribution in [0.2, 0.25) is 0 Å². The first-order valence-electron chi connectivity index (χ1n) is 16.5. The first-order chi connectivity index (χ1) is 24.3. The Morgan fingerprint density at radius 1 is 0.740 bits per heavy atom. The summed E-state index contributed by atoms with van der Waals surface area (Å²) in [7, 11) is 2.04. The molecule has 4 amide bonds. The van der Waals surface area contributed by atoms with Crippen LogP contribution in [0.4, 0.5) is 0 Å². The predicted molar refractivity (Wildman–Crippen MR) is 191 cm³/mol. The van der Waals surface area contributed by atoms with Crippen LogP contribution in [0, 0.1) is 5.92 Å². The third kappa shape index (κ3) is 8.05. The second kappa shape index (κ2) is 15.8. The second-order valence-corrected chi connectivity index (χ2v) is 14.1. The topological polar surface area (TPSA) is 146 Å². The Bertz CT molecular complexity index is 2110. The van der Waals surface area contributed by atoms with E-state index in [-0.39, 0.29) is 68.1 Å². The van der Waals surface area contributed by atoms with Crippen molar-refractivity contribution in [1.82, 2.24) is 31.2 Å². The number of pyridine rings is 2. The molecule has 0 saturated heterocycles. The Morgan fingerprint density at radius 2 is 1.36 bits per heavy atom.